The Morgan fingerprint density at radius 2 is 2.28 bits per heavy atom. The maximum atomic E-state index is 12.2. The first-order chi connectivity index (χ1) is 8.29. The third-order valence-electron chi connectivity index (χ3n) is 4.01. The molecule has 0 aliphatic heterocycles. The Kier molecular flexibility index (Phi) is 4.36. The normalized spacial score (nSPS) is 31.0. The van der Waals surface area contributed by atoms with Crippen molar-refractivity contribution in [3.63, 3.8) is 0 Å². The smallest absolute Gasteiger partial charge is 0.241 e. The predicted octanol–water partition coefficient (Wildman–Crippen LogP) is 0.937. The van der Waals surface area contributed by atoms with Crippen LogP contribution in [-0.2, 0) is 9.53 Å². The summed E-state index contributed by atoms with van der Waals surface area (Å²) in [4.78, 5) is 12.2. The molecule has 0 aromatic rings. The van der Waals surface area contributed by atoms with E-state index in [1.54, 1.807) is 6.92 Å². The summed E-state index contributed by atoms with van der Waals surface area (Å²) in [5.74, 6) is -0.189. The number of hydrogen-bond donors (Lipinski definition) is 2. The van der Waals surface area contributed by atoms with Crippen molar-refractivity contribution in [2.45, 2.75) is 58.2 Å². The molecule has 0 radical (unpaired) electrons. The third-order valence-corrected chi connectivity index (χ3v) is 4.01. The number of carbonyl (C=O) groups is 1. The summed E-state index contributed by atoms with van der Waals surface area (Å²) in [6.07, 6.45) is 0.834. The van der Waals surface area contributed by atoms with E-state index in [0.29, 0.717) is 13.0 Å². The van der Waals surface area contributed by atoms with Crippen LogP contribution in [-0.4, -0.2) is 30.2 Å². The minimum absolute atomic E-state index is 0.0181. The summed E-state index contributed by atoms with van der Waals surface area (Å²) in [5, 5.41) is 11.4. The van der Waals surface area contributed by atoms with Crippen LogP contribution in [0.4, 0.5) is 0 Å². The average molecular weight is 253 g/mol. The summed E-state index contributed by atoms with van der Waals surface area (Å²) >= 11 is 0. The van der Waals surface area contributed by atoms with E-state index in [1.807, 2.05) is 26.8 Å². The highest BCUT2D eigenvalue weighted by molar-refractivity contribution is 5.89. The number of nitrogens with one attached hydrogen (secondary N) is 1. The molecule has 102 valence electrons. The first-order valence-corrected chi connectivity index (χ1v) is 6.38. The lowest BCUT2D eigenvalue weighted by molar-refractivity contribution is -0.171. The van der Waals surface area contributed by atoms with Gasteiger partial charge in [0.25, 0.3) is 0 Å². The van der Waals surface area contributed by atoms with E-state index in [2.05, 4.69) is 5.32 Å². The van der Waals surface area contributed by atoms with Gasteiger partial charge in [0.2, 0.25) is 5.91 Å². The Bertz CT molecular complexity index is 362. The molecule has 0 heterocycles. The van der Waals surface area contributed by atoms with Crippen LogP contribution in [0.25, 0.3) is 0 Å². The summed E-state index contributed by atoms with van der Waals surface area (Å²) in [6, 6.07) is 1.85. The van der Waals surface area contributed by atoms with Gasteiger partial charge in [-0.3, -0.25) is 4.79 Å². The molecule has 1 rings (SSSR count). The van der Waals surface area contributed by atoms with Crippen LogP contribution >= 0.6 is 0 Å². The number of ether oxygens (including phenoxy) is 1. The van der Waals surface area contributed by atoms with Crippen molar-refractivity contribution >= 4 is 5.91 Å². The minimum Gasteiger partial charge on any atom is -0.378 e. The zero-order chi connectivity index (χ0) is 14.0. The van der Waals surface area contributed by atoms with Crippen LogP contribution in [0.1, 0.15) is 40.5 Å². The van der Waals surface area contributed by atoms with Gasteiger partial charge < -0.3 is 15.8 Å². The molecule has 0 spiro atoms. The molecule has 0 aromatic carbocycles. The van der Waals surface area contributed by atoms with E-state index >= 15 is 0 Å². The highest BCUT2D eigenvalue weighted by Crippen LogP contribution is 2.49. The molecule has 1 aliphatic carbocycles. The summed E-state index contributed by atoms with van der Waals surface area (Å²) < 4.78 is 5.58. The second-order valence-electron chi connectivity index (χ2n) is 5.58. The van der Waals surface area contributed by atoms with Crippen LogP contribution in [0.2, 0.25) is 0 Å². The van der Waals surface area contributed by atoms with Gasteiger partial charge in [-0.2, -0.15) is 5.26 Å². The van der Waals surface area contributed by atoms with E-state index < -0.39 is 5.54 Å². The zero-order valence-corrected chi connectivity index (χ0v) is 11.6. The van der Waals surface area contributed by atoms with Crippen LogP contribution < -0.4 is 11.1 Å². The Hall–Kier alpha value is -1.12. The van der Waals surface area contributed by atoms with Gasteiger partial charge in [0.1, 0.15) is 5.54 Å². The summed E-state index contributed by atoms with van der Waals surface area (Å²) in [7, 11) is 0. The van der Waals surface area contributed by atoms with Gasteiger partial charge >= 0.3 is 0 Å². The second-order valence-corrected chi connectivity index (χ2v) is 5.58. The largest absolute Gasteiger partial charge is 0.378 e. The van der Waals surface area contributed by atoms with Crippen molar-refractivity contribution in [2.75, 3.05) is 6.61 Å². The fourth-order valence-electron chi connectivity index (χ4n) is 2.36. The molecule has 1 aliphatic rings. The molecule has 0 bridgehead atoms. The van der Waals surface area contributed by atoms with Crippen molar-refractivity contribution in [3.05, 3.63) is 0 Å². The molecule has 5 heteroatoms. The third kappa shape index (κ3) is 2.36. The van der Waals surface area contributed by atoms with Gasteiger partial charge in [-0.05, 0) is 13.8 Å². The molecule has 18 heavy (non-hydrogen) atoms. The fraction of sp³-hybridized carbons (Fsp3) is 0.846. The molecule has 3 unspecified atom stereocenters. The Labute approximate surface area is 109 Å². The predicted molar refractivity (Wildman–Crippen MR) is 68.6 cm³/mol. The highest BCUT2D eigenvalue weighted by atomic mass is 16.5. The molecule has 1 saturated carbocycles. The molecular weight excluding hydrogens is 230 g/mol. The zero-order valence-electron chi connectivity index (χ0n) is 11.6. The lowest BCUT2D eigenvalue weighted by Gasteiger charge is -2.57. The SMILES string of the molecule is CCOC1CC(N)(C(=O)NC(C)CC#N)C1(C)C. The van der Waals surface area contributed by atoms with Crippen molar-refractivity contribution in [3.8, 4) is 6.07 Å². The molecule has 3 atom stereocenters. The van der Waals surface area contributed by atoms with Crippen molar-refractivity contribution in [1.82, 2.24) is 5.32 Å². The van der Waals surface area contributed by atoms with E-state index in [9.17, 15) is 4.79 Å². The number of amides is 1. The maximum Gasteiger partial charge on any atom is 0.241 e. The number of nitrogens with zero attached hydrogens (tertiary/aromatic N) is 1. The monoisotopic (exact) mass is 253 g/mol. The van der Waals surface area contributed by atoms with Crippen molar-refractivity contribution in [2.24, 2.45) is 11.1 Å². The van der Waals surface area contributed by atoms with E-state index in [0.717, 1.165) is 0 Å². The Balaban J connectivity index is 2.67. The van der Waals surface area contributed by atoms with Gasteiger partial charge in [0.15, 0.2) is 0 Å². The van der Waals surface area contributed by atoms with Gasteiger partial charge in [-0.25, -0.2) is 0 Å². The first-order valence-electron chi connectivity index (χ1n) is 6.38. The molecule has 3 N–H and O–H groups in total. The summed E-state index contributed by atoms with van der Waals surface area (Å²) in [6.45, 7) is 8.26. The number of hydrogen-bond acceptors (Lipinski definition) is 4. The summed E-state index contributed by atoms with van der Waals surface area (Å²) in [5.41, 5.74) is 4.92. The molecule has 5 nitrogen and oxygen atoms in total. The number of rotatable bonds is 5. The fourth-order valence-corrected chi connectivity index (χ4v) is 2.36. The molecule has 1 fully saturated rings. The lowest BCUT2D eigenvalue weighted by Crippen LogP contribution is -2.76. The quantitative estimate of drug-likeness (QED) is 0.763. The lowest BCUT2D eigenvalue weighted by atomic mass is 9.54. The van der Waals surface area contributed by atoms with E-state index in [1.165, 1.54) is 0 Å². The van der Waals surface area contributed by atoms with Gasteiger partial charge in [0.05, 0.1) is 18.6 Å². The molecule has 1 amide bonds. The van der Waals surface area contributed by atoms with Gasteiger partial charge in [-0.15, -0.1) is 0 Å². The maximum absolute atomic E-state index is 12.2. The van der Waals surface area contributed by atoms with Crippen LogP contribution in [0, 0.1) is 16.7 Å². The second kappa shape index (κ2) is 5.25. The first kappa shape index (κ1) is 14.9. The van der Waals surface area contributed by atoms with Gasteiger partial charge in [-0.1, -0.05) is 13.8 Å². The van der Waals surface area contributed by atoms with E-state index in [4.69, 9.17) is 15.7 Å². The molecule has 0 saturated heterocycles. The van der Waals surface area contributed by atoms with Gasteiger partial charge in [0, 0.05) is 24.5 Å². The van der Waals surface area contributed by atoms with Crippen molar-refractivity contribution in [1.29, 1.82) is 5.26 Å². The topological polar surface area (TPSA) is 88.1 Å². The number of nitrogens with two attached hydrogens (primary N) is 1. The average Bonchev–Trinajstić information content (AvgIpc) is 2.28. The van der Waals surface area contributed by atoms with Crippen molar-refractivity contribution < 1.29 is 9.53 Å². The van der Waals surface area contributed by atoms with Crippen LogP contribution in [0.3, 0.4) is 0 Å². The Morgan fingerprint density at radius 1 is 1.67 bits per heavy atom. The number of nitriles is 1. The molecule has 0 aromatic heterocycles. The minimum atomic E-state index is -0.906. The standard InChI is InChI=1S/C13H23N3O2/c1-5-18-10-8-13(15,12(10,3)4)11(17)16-9(2)6-7-14/h9-10H,5-6,8,15H2,1-4H3,(H,16,17). The Morgan fingerprint density at radius 3 is 2.72 bits per heavy atom. The van der Waals surface area contributed by atoms with Crippen LogP contribution in [0.15, 0.2) is 0 Å². The molecular formula is C13H23N3O2. The number of carbonyl (C=O) groups excluding carboxylic acids is 1. The van der Waals surface area contributed by atoms with E-state index in [-0.39, 0.29) is 29.9 Å². The highest BCUT2D eigenvalue weighted by Gasteiger charge is 2.62. The van der Waals surface area contributed by atoms with Crippen LogP contribution in [0.5, 0.6) is 0 Å².